The van der Waals surface area contributed by atoms with Crippen molar-refractivity contribution in [2.75, 3.05) is 45.9 Å². The maximum atomic E-state index is 13.7. The first kappa shape index (κ1) is 27.7. The molecule has 0 atom stereocenters. The van der Waals surface area contributed by atoms with E-state index in [1.807, 2.05) is 42.6 Å². The smallest absolute Gasteiger partial charge is 0.345 e. The van der Waals surface area contributed by atoms with Crippen LogP contribution in [0.3, 0.4) is 0 Å². The number of nitrogens with zero attached hydrogens (tertiary/aromatic N) is 5. The lowest BCUT2D eigenvalue weighted by atomic mass is 9.90. The molecule has 4 heterocycles. The van der Waals surface area contributed by atoms with E-state index in [0.29, 0.717) is 25.0 Å². The lowest BCUT2D eigenvalue weighted by Gasteiger charge is -2.32. The predicted molar refractivity (Wildman–Crippen MR) is 159 cm³/mol. The molecule has 6 rings (SSSR count). The molecule has 2 aliphatic heterocycles. The van der Waals surface area contributed by atoms with Gasteiger partial charge in [0.05, 0.1) is 6.54 Å². The number of hydrogen-bond donors (Lipinski definition) is 1. The largest absolute Gasteiger partial charge is 0.492 e. The second-order valence-corrected chi connectivity index (χ2v) is 11.7. The van der Waals surface area contributed by atoms with Crippen LogP contribution in [0, 0.1) is 17.7 Å². The fourth-order valence-electron chi connectivity index (χ4n) is 6.41. The summed E-state index contributed by atoms with van der Waals surface area (Å²) in [5, 5.41) is 5.43. The Kier molecular flexibility index (Phi) is 8.82. The van der Waals surface area contributed by atoms with Gasteiger partial charge >= 0.3 is 5.69 Å². The molecule has 2 aromatic heterocycles. The number of hydrogen-bond acceptors (Lipinski definition) is 5. The fraction of sp³-hybridized carbons (Fsp3) is 0.500. The number of likely N-dealkylation sites (tertiary alicyclic amines) is 2. The lowest BCUT2D eigenvalue weighted by molar-refractivity contribution is 0.147. The molecular formula is C32H41FN6O2. The van der Waals surface area contributed by atoms with Crippen molar-refractivity contribution in [1.82, 2.24) is 29.1 Å². The molecule has 2 fully saturated rings. The number of nitrogens with one attached hydrogen (secondary N) is 1. The van der Waals surface area contributed by atoms with Gasteiger partial charge in [-0.05, 0) is 106 Å². The van der Waals surface area contributed by atoms with Gasteiger partial charge in [-0.1, -0.05) is 18.2 Å². The van der Waals surface area contributed by atoms with Gasteiger partial charge in [-0.15, -0.1) is 0 Å². The first-order chi connectivity index (χ1) is 20.1. The molecule has 9 heteroatoms. The van der Waals surface area contributed by atoms with E-state index in [9.17, 15) is 9.18 Å². The number of aromatic amines is 1. The SMILES string of the molecule is O=c1n(CC2CCN(CCOc3ccccc3)CC2)cnn1CCN1CCC(Cc2c[nH]c3ccc(F)cc23)CC1. The molecule has 2 saturated heterocycles. The molecule has 0 bridgehead atoms. The third kappa shape index (κ3) is 7.08. The van der Waals surface area contributed by atoms with Gasteiger partial charge in [-0.25, -0.2) is 13.9 Å². The zero-order valence-corrected chi connectivity index (χ0v) is 23.8. The van der Waals surface area contributed by atoms with Crippen molar-refractivity contribution >= 4 is 10.9 Å². The van der Waals surface area contributed by atoms with Crippen molar-refractivity contribution in [2.45, 2.75) is 45.2 Å². The predicted octanol–water partition coefficient (Wildman–Crippen LogP) is 4.41. The van der Waals surface area contributed by atoms with Gasteiger partial charge in [-0.3, -0.25) is 9.47 Å². The van der Waals surface area contributed by atoms with Crippen molar-refractivity contribution in [3.05, 3.63) is 82.9 Å². The molecule has 41 heavy (non-hydrogen) atoms. The molecule has 0 aliphatic carbocycles. The van der Waals surface area contributed by atoms with Crippen LogP contribution in [0.15, 0.2) is 65.8 Å². The molecule has 0 unspecified atom stereocenters. The van der Waals surface area contributed by atoms with Gasteiger partial charge in [0.15, 0.2) is 0 Å². The summed E-state index contributed by atoms with van der Waals surface area (Å²) in [4.78, 5) is 21.2. The quantitative estimate of drug-likeness (QED) is 0.294. The number of piperidine rings is 2. The van der Waals surface area contributed by atoms with E-state index >= 15 is 0 Å². The maximum Gasteiger partial charge on any atom is 0.345 e. The zero-order valence-electron chi connectivity index (χ0n) is 23.8. The highest BCUT2D eigenvalue weighted by molar-refractivity contribution is 5.83. The summed E-state index contributed by atoms with van der Waals surface area (Å²) in [5.41, 5.74) is 2.21. The van der Waals surface area contributed by atoms with Gasteiger partial charge in [-0.2, -0.15) is 5.10 Å². The first-order valence-corrected chi connectivity index (χ1v) is 15.1. The summed E-state index contributed by atoms with van der Waals surface area (Å²) in [6.45, 7) is 7.96. The summed E-state index contributed by atoms with van der Waals surface area (Å²) in [7, 11) is 0. The zero-order chi connectivity index (χ0) is 28.0. The average molecular weight is 561 g/mol. The van der Waals surface area contributed by atoms with Gasteiger partial charge in [0.1, 0.15) is 24.5 Å². The Morgan fingerprint density at radius 2 is 1.63 bits per heavy atom. The number of rotatable bonds is 11. The minimum absolute atomic E-state index is 0.00476. The standard InChI is InChI=1S/C32H41FN6O2/c33-28-6-7-31-30(21-28)27(22-34-31)20-25-8-12-36(13-9-25)16-17-39-32(40)38(24-35-39)23-26-10-14-37(15-11-26)18-19-41-29-4-2-1-3-5-29/h1-7,21-22,24-26,34H,8-20,23H2. The molecule has 4 aromatic rings. The first-order valence-electron chi connectivity index (χ1n) is 15.1. The number of benzene rings is 2. The van der Waals surface area contributed by atoms with Crippen LogP contribution in [-0.2, 0) is 19.5 Å². The van der Waals surface area contributed by atoms with Crippen molar-refractivity contribution in [3.8, 4) is 5.75 Å². The molecule has 0 saturated carbocycles. The summed E-state index contributed by atoms with van der Waals surface area (Å²) >= 11 is 0. The Labute approximate surface area is 240 Å². The van der Waals surface area contributed by atoms with Crippen molar-refractivity contribution in [1.29, 1.82) is 0 Å². The van der Waals surface area contributed by atoms with E-state index in [4.69, 9.17) is 4.74 Å². The molecule has 0 amide bonds. The molecule has 0 radical (unpaired) electrons. The van der Waals surface area contributed by atoms with Gasteiger partial charge in [0, 0.05) is 36.7 Å². The highest BCUT2D eigenvalue weighted by atomic mass is 19.1. The number of para-hydroxylation sites is 1. The van der Waals surface area contributed by atoms with Crippen LogP contribution in [0.25, 0.3) is 10.9 Å². The molecule has 8 nitrogen and oxygen atoms in total. The highest BCUT2D eigenvalue weighted by Crippen LogP contribution is 2.27. The second-order valence-electron chi connectivity index (χ2n) is 11.7. The van der Waals surface area contributed by atoms with Gasteiger partial charge in [0.25, 0.3) is 0 Å². The Balaban J connectivity index is 0.902. The topological polar surface area (TPSA) is 71.3 Å². The molecule has 2 aromatic carbocycles. The molecular weight excluding hydrogens is 519 g/mol. The monoisotopic (exact) mass is 560 g/mol. The Hall–Kier alpha value is -3.43. The van der Waals surface area contributed by atoms with Crippen LogP contribution in [-0.4, -0.2) is 75.0 Å². The summed E-state index contributed by atoms with van der Waals surface area (Å²) in [6.07, 6.45) is 9.13. The third-order valence-corrected chi connectivity index (χ3v) is 8.95. The molecule has 1 N–H and O–H groups in total. The summed E-state index contributed by atoms with van der Waals surface area (Å²) in [6, 6.07) is 14.9. The van der Waals surface area contributed by atoms with E-state index in [0.717, 1.165) is 94.6 Å². The number of ether oxygens (including phenoxy) is 1. The number of H-pyrrole nitrogens is 1. The van der Waals surface area contributed by atoms with E-state index in [1.165, 1.54) is 11.6 Å². The van der Waals surface area contributed by atoms with Gasteiger partial charge < -0.3 is 14.6 Å². The number of aromatic nitrogens is 4. The van der Waals surface area contributed by atoms with E-state index in [-0.39, 0.29) is 11.5 Å². The second kappa shape index (κ2) is 13.0. The van der Waals surface area contributed by atoms with Gasteiger partial charge in [0.2, 0.25) is 0 Å². The maximum absolute atomic E-state index is 13.7. The molecule has 218 valence electrons. The average Bonchev–Trinajstić information content (AvgIpc) is 3.56. The van der Waals surface area contributed by atoms with Crippen LogP contribution in [0.4, 0.5) is 4.39 Å². The lowest BCUT2D eigenvalue weighted by Crippen LogP contribution is -2.39. The van der Waals surface area contributed by atoms with Crippen LogP contribution in [0.2, 0.25) is 0 Å². The van der Waals surface area contributed by atoms with Crippen LogP contribution in [0.5, 0.6) is 5.75 Å². The normalized spacial score (nSPS) is 17.9. The minimum Gasteiger partial charge on any atom is -0.492 e. The van der Waals surface area contributed by atoms with Crippen molar-refractivity contribution in [3.63, 3.8) is 0 Å². The van der Waals surface area contributed by atoms with E-state index in [2.05, 4.69) is 19.9 Å². The third-order valence-electron chi connectivity index (χ3n) is 8.95. The highest BCUT2D eigenvalue weighted by Gasteiger charge is 2.23. The van der Waals surface area contributed by atoms with Crippen LogP contribution >= 0.6 is 0 Å². The molecule has 0 spiro atoms. The summed E-state index contributed by atoms with van der Waals surface area (Å²) in [5.74, 6) is 1.84. The van der Waals surface area contributed by atoms with Crippen LogP contribution < -0.4 is 10.4 Å². The number of halogens is 1. The van der Waals surface area contributed by atoms with Crippen molar-refractivity contribution < 1.29 is 9.13 Å². The minimum atomic E-state index is -0.183. The van der Waals surface area contributed by atoms with Crippen molar-refractivity contribution in [2.24, 2.45) is 11.8 Å². The Bertz CT molecular complexity index is 1450. The van der Waals surface area contributed by atoms with E-state index in [1.54, 1.807) is 21.6 Å². The Morgan fingerprint density at radius 1 is 0.902 bits per heavy atom. The van der Waals surface area contributed by atoms with Crippen LogP contribution in [0.1, 0.15) is 31.2 Å². The Morgan fingerprint density at radius 3 is 2.41 bits per heavy atom. The number of fused-ring (bicyclic) bond motifs is 1. The molecule has 2 aliphatic rings. The van der Waals surface area contributed by atoms with E-state index < -0.39 is 0 Å². The summed E-state index contributed by atoms with van der Waals surface area (Å²) < 4.78 is 23.0. The fourth-order valence-corrected chi connectivity index (χ4v) is 6.41.